The first kappa shape index (κ1) is 14.6. The molecular weight excluding hydrogens is 252 g/mol. The van der Waals surface area contributed by atoms with Crippen molar-refractivity contribution in [3.05, 3.63) is 21.9 Å². The van der Waals surface area contributed by atoms with Gasteiger partial charge in [-0.3, -0.25) is 11.3 Å². The van der Waals surface area contributed by atoms with Crippen LogP contribution < -0.4 is 11.3 Å². The minimum atomic E-state index is 0.0687. The van der Waals surface area contributed by atoms with E-state index < -0.39 is 0 Å². The number of rotatable bonds is 3. The molecule has 0 saturated heterocycles. The largest absolute Gasteiger partial charge is 0.271 e. The Kier molecular flexibility index (Phi) is 4.67. The van der Waals surface area contributed by atoms with Crippen LogP contribution in [0.4, 0.5) is 0 Å². The number of nitrogens with two attached hydrogens (primary N) is 1. The summed E-state index contributed by atoms with van der Waals surface area (Å²) in [6.45, 7) is 6.42. The Bertz CT molecular complexity index is 473. The first-order valence-corrected chi connectivity index (χ1v) is 7.91. The van der Waals surface area contributed by atoms with Crippen LogP contribution >= 0.6 is 11.3 Å². The van der Waals surface area contributed by atoms with E-state index in [4.69, 9.17) is 5.84 Å². The van der Waals surface area contributed by atoms with Gasteiger partial charge in [-0.05, 0) is 57.0 Å². The lowest BCUT2D eigenvalue weighted by Gasteiger charge is -2.29. The number of hydrogen-bond donors (Lipinski definition) is 2. The molecule has 2 atom stereocenters. The summed E-state index contributed by atoms with van der Waals surface area (Å²) in [5.41, 5.74) is 4.56. The minimum Gasteiger partial charge on any atom is -0.271 e. The maximum absolute atomic E-state index is 5.76. The lowest BCUT2D eigenvalue weighted by molar-refractivity contribution is 0.405. The molecule has 0 radical (unpaired) electrons. The third-order valence-corrected chi connectivity index (χ3v) is 4.58. The van der Waals surface area contributed by atoms with Crippen LogP contribution in [0.3, 0.4) is 0 Å². The van der Waals surface area contributed by atoms with Gasteiger partial charge in [-0.25, -0.2) is 0 Å². The van der Waals surface area contributed by atoms with E-state index in [9.17, 15) is 0 Å². The van der Waals surface area contributed by atoms with Crippen molar-refractivity contribution < 1.29 is 0 Å². The number of thiophene rings is 1. The molecule has 1 aromatic rings. The predicted octanol–water partition coefficient (Wildman–Crippen LogP) is 3.44. The summed E-state index contributed by atoms with van der Waals surface area (Å²) in [5, 5.41) is 2.21. The van der Waals surface area contributed by atoms with Crippen LogP contribution in [0.15, 0.2) is 11.4 Å². The van der Waals surface area contributed by atoms with Crippen molar-refractivity contribution in [2.45, 2.75) is 58.4 Å². The molecule has 1 aliphatic carbocycles. The second-order valence-corrected chi connectivity index (χ2v) is 7.33. The van der Waals surface area contributed by atoms with E-state index in [-0.39, 0.29) is 11.5 Å². The van der Waals surface area contributed by atoms with E-state index in [0.29, 0.717) is 5.92 Å². The lowest BCUT2D eigenvalue weighted by Crippen LogP contribution is -2.40. The van der Waals surface area contributed by atoms with Crippen LogP contribution in [-0.2, 0) is 6.42 Å². The van der Waals surface area contributed by atoms with Gasteiger partial charge in [0, 0.05) is 28.7 Å². The molecule has 0 aliphatic heterocycles. The molecule has 0 bridgehead atoms. The van der Waals surface area contributed by atoms with E-state index >= 15 is 0 Å². The molecule has 0 spiro atoms. The van der Waals surface area contributed by atoms with Crippen molar-refractivity contribution in [3.63, 3.8) is 0 Å². The second kappa shape index (κ2) is 6.09. The predicted molar refractivity (Wildman–Crippen MR) is 83.0 cm³/mol. The molecule has 0 aromatic carbocycles. The Morgan fingerprint density at radius 3 is 3.00 bits per heavy atom. The highest BCUT2D eigenvalue weighted by Gasteiger charge is 2.27. The van der Waals surface area contributed by atoms with Gasteiger partial charge in [-0.15, -0.1) is 17.3 Å². The number of aryl methyl sites for hydroxylation is 1. The Labute approximate surface area is 120 Å². The maximum atomic E-state index is 5.76. The number of hydrogen-bond acceptors (Lipinski definition) is 3. The first-order valence-electron chi connectivity index (χ1n) is 7.03. The van der Waals surface area contributed by atoms with Crippen LogP contribution in [0.2, 0.25) is 0 Å². The molecule has 104 valence electrons. The van der Waals surface area contributed by atoms with Crippen LogP contribution in [0.1, 0.15) is 56.4 Å². The Morgan fingerprint density at radius 2 is 2.32 bits per heavy atom. The van der Waals surface area contributed by atoms with Gasteiger partial charge in [0.2, 0.25) is 0 Å². The number of hydrazine groups is 1. The van der Waals surface area contributed by atoms with Gasteiger partial charge in [0.15, 0.2) is 0 Å². The fourth-order valence-electron chi connectivity index (χ4n) is 2.68. The number of nitrogens with one attached hydrogen (secondary N) is 1. The molecule has 0 saturated carbocycles. The zero-order valence-electron chi connectivity index (χ0n) is 12.1. The van der Waals surface area contributed by atoms with E-state index in [2.05, 4.69) is 49.5 Å². The van der Waals surface area contributed by atoms with Gasteiger partial charge in [-0.1, -0.05) is 5.92 Å². The normalized spacial score (nSPS) is 20.3. The van der Waals surface area contributed by atoms with Gasteiger partial charge in [0.25, 0.3) is 0 Å². The zero-order valence-corrected chi connectivity index (χ0v) is 12.9. The highest BCUT2D eigenvalue weighted by Crippen LogP contribution is 2.37. The first-order chi connectivity index (χ1) is 9.01. The molecule has 0 amide bonds. The molecular formula is C16H24N2S. The molecule has 1 aliphatic rings. The highest BCUT2D eigenvalue weighted by molar-refractivity contribution is 7.10. The quantitative estimate of drug-likeness (QED) is 0.504. The van der Waals surface area contributed by atoms with Crippen LogP contribution in [0, 0.1) is 17.3 Å². The van der Waals surface area contributed by atoms with Crippen molar-refractivity contribution in [3.8, 4) is 11.8 Å². The van der Waals surface area contributed by atoms with Crippen molar-refractivity contribution in [1.29, 1.82) is 0 Å². The van der Waals surface area contributed by atoms with Gasteiger partial charge in [0.1, 0.15) is 0 Å². The van der Waals surface area contributed by atoms with Gasteiger partial charge >= 0.3 is 0 Å². The molecule has 2 nitrogen and oxygen atoms in total. The van der Waals surface area contributed by atoms with Crippen LogP contribution in [0.5, 0.6) is 0 Å². The summed E-state index contributed by atoms with van der Waals surface area (Å²) in [4.78, 5) is 1.54. The van der Waals surface area contributed by atoms with Crippen molar-refractivity contribution in [2.24, 2.45) is 11.3 Å². The lowest BCUT2D eigenvalue weighted by atomic mass is 9.81. The minimum absolute atomic E-state index is 0.0687. The molecule has 3 heteroatoms. The van der Waals surface area contributed by atoms with Crippen molar-refractivity contribution >= 4 is 11.3 Å². The van der Waals surface area contributed by atoms with Crippen molar-refractivity contribution in [2.75, 3.05) is 0 Å². The SMILES string of the molecule is CC(C)(C)C#CCC(NN)C1CCCc2sccc21. The topological polar surface area (TPSA) is 38.0 Å². The summed E-state index contributed by atoms with van der Waals surface area (Å²) < 4.78 is 0. The van der Waals surface area contributed by atoms with Gasteiger partial charge < -0.3 is 0 Å². The third kappa shape index (κ3) is 3.82. The summed E-state index contributed by atoms with van der Waals surface area (Å²) in [5.74, 6) is 12.9. The summed E-state index contributed by atoms with van der Waals surface area (Å²) in [7, 11) is 0. The van der Waals surface area contributed by atoms with Crippen LogP contribution in [-0.4, -0.2) is 6.04 Å². The maximum Gasteiger partial charge on any atom is 0.0388 e. The van der Waals surface area contributed by atoms with Gasteiger partial charge in [-0.2, -0.15) is 0 Å². The molecule has 2 rings (SSSR count). The third-order valence-electron chi connectivity index (χ3n) is 3.58. The number of fused-ring (bicyclic) bond motifs is 1. The van der Waals surface area contributed by atoms with Gasteiger partial charge in [0.05, 0.1) is 0 Å². The Hall–Kier alpha value is -0.820. The summed E-state index contributed by atoms with van der Waals surface area (Å²) in [6, 6.07) is 2.54. The monoisotopic (exact) mass is 276 g/mol. The van der Waals surface area contributed by atoms with Crippen LogP contribution in [0.25, 0.3) is 0 Å². The van der Waals surface area contributed by atoms with E-state index in [1.807, 2.05) is 11.3 Å². The zero-order chi connectivity index (χ0) is 13.9. The molecule has 19 heavy (non-hydrogen) atoms. The molecule has 0 fully saturated rings. The molecule has 1 aromatic heterocycles. The highest BCUT2D eigenvalue weighted by atomic mass is 32.1. The van der Waals surface area contributed by atoms with E-state index in [1.54, 1.807) is 4.88 Å². The fourth-order valence-corrected chi connectivity index (χ4v) is 3.68. The van der Waals surface area contributed by atoms with E-state index in [1.165, 1.54) is 24.8 Å². The fraction of sp³-hybridized carbons (Fsp3) is 0.625. The standard InChI is InChI=1S/C16H24N2S/c1-16(2,3)10-5-7-14(18-17)12-6-4-8-15-13(12)9-11-19-15/h9,11-12,14,18H,4,6-8,17H2,1-3H3. The van der Waals surface area contributed by atoms with E-state index in [0.717, 1.165) is 6.42 Å². The molecule has 2 unspecified atom stereocenters. The Balaban J connectivity index is 2.09. The summed E-state index contributed by atoms with van der Waals surface area (Å²) in [6.07, 6.45) is 4.54. The average molecular weight is 276 g/mol. The second-order valence-electron chi connectivity index (χ2n) is 6.33. The molecule has 1 heterocycles. The molecule has 3 N–H and O–H groups in total. The summed E-state index contributed by atoms with van der Waals surface area (Å²) >= 11 is 1.88. The Morgan fingerprint density at radius 1 is 1.53 bits per heavy atom. The average Bonchev–Trinajstić information content (AvgIpc) is 2.81. The van der Waals surface area contributed by atoms with Crippen molar-refractivity contribution in [1.82, 2.24) is 5.43 Å². The smallest absolute Gasteiger partial charge is 0.0388 e.